The third kappa shape index (κ3) is 4.63. The summed E-state index contributed by atoms with van der Waals surface area (Å²) in [4.78, 5) is 10.00. The largest absolute Gasteiger partial charge is 0.368 e. The van der Waals surface area contributed by atoms with Gasteiger partial charge >= 0.3 is 0 Å². The van der Waals surface area contributed by atoms with Crippen LogP contribution in [-0.2, 0) is 0 Å². The first-order valence-electron chi connectivity index (χ1n) is 5.18. The van der Waals surface area contributed by atoms with Crippen molar-refractivity contribution in [3.05, 3.63) is 11.2 Å². The fraction of sp³-hybridized carbons (Fsp3) is 0.600. The van der Waals surface area contributed by atoms with E-state index in [1.54, 1.807) is 6.07 Å². The topological polar surface area (TPSA) is 67.1 Å². The first-order valence-corrected chi connectivity index (χ1v) is 5.56. The molecule has 0 fully saturated rings. The lowest BCUT2D eigenvalue weighted by Crippen LogP contribution is -2.23. The first kappa shape index (κ1) is 13.0. The van der Waals surface area contributed by atoms with Crippen molar-refractivity contribution in [3.63, 3.8) is 0 Å². The quantitative estimate of drug-likeness (QED) is 0.767. The Bertz CT molecular complexity index is 322. The number of hydrogen-bond donors (Lipinski definition) is 2. The summed E-state index contributed by atoms with van der Waals surface area (Å²) >= 11 is 5.78. The van der Waals surface area contributed by atoms with Crippen LogP contribution in [0.5, 0.6) is 0 Å². The summed E-state index contributed by atoms with van der Waals surface area (Å²) in [5.74, 6) is 0.860. The van der Waals surface area contributed by atoms with Gasteiger partial charge in [0.1, 0.15) is 11.0 Å². The predicted octanol–water partition coefficient (Wildman–Crippen LogP) is 1.46. The second kappa shape index (κ2) is 5.86. The summed E-state index contributed by atoms with van der Waals surface area (Å²) in [5, 5.41) is 3.59. The molecule has 0 saturated carbocycles. The molecule has 0 aliphatic rings. The van der Waals surface area contributed by atoms with Crippen molar-refractivity contribution >= 4 is 23.4 Å². The van der Waals surface area contributed by atoms with E-state index in [9.17, 15) is 0 Å². The van der Waals surface area contributed by atoms with Crippen molar-refractivity contribution in [2.75, 3.05) is 31.7 Å². The van der Waals surface area contributed by atoms with E-state index in [2.05, 4.69) is 27.1 Å². The summed E-state index contributed by atoms with van der Waals surface area (Å²) < 4.78 is 0. The fourth-order valence-electron chi connectivity index (χ4n) is 1.29. The zero-order valence-electron chi connectivity index (χ0n) is 9.87. The molecule has 1 aromatic rings. The highest BCUT2D eigenvalue weighted by atomic mass is 35.5. The van der Waals surface area contributed by atoms with Gasteiger partial charge in [0.15, 0.2) is 0 Å². The summed E-state index contributed by atoms with van der Waals surface area (Å²) in [7, 11) is 4.10. The van der Waals surface area contributed by atoms with Crippen molar-refractivity contribution in [3.8, 4) is 0 Å². The zero-order chi connectivity index (χ0) is 12.1. The van der Waals surface area contributed by atoms with Crippen molar-refractivity contribution in [2.24, 2.45) is 0 Å². The molecule has 0 spiro atoms. The van der Waals surface area contributed by atoms with Crippen LogP contribution < -0.4 is 11.1 Å². The minimum absolute atomic E-state index is 0.190. The number of aromatic nitrogens is 2. The highest BCUT2D eigenvalue weighted by Crippen LogP contribution is 2.13. The molecule has 1 atom stereocenters. The van der Waals surface area contributed by atoms with Gasteiger partial charge in [0, 0.05) is 12.1 Å². The molecule has 6 heteroatoms. The van der Waals surface area contributed by atoms with E-state index in [1.165, 1.54) is 0 Å². The summed E-state index contributed by atoms with van der Waals surface area (Å²) in [6.07, 6.45) is 1.02. The van der Waals surface area contributed by atoms with Gasteiger partial charge in [0.2, 0.25) is 5.95 Å². The standard InChI is InChI=1S/C10H18ClN5/c1-7(4-5-16(2)3)13-9-6-8(11)14-10(12)15-9/h6-7H,4-5H2,1-3H3,(H3,12,13,14,15). The van der Waals surface area contributed by atoms with Gasteiger partial charge in [-0.25, -0.2) is 4.98 Å². The van der Waals surface area contributed by atoms with Gasteiger partial charge in [-0.3, -0.25) is 0 Å². The number of nitrogens with two attached hydrogens (primary N) is 1. The van der Waals surface area contributed by atoms with Crippen LogP contribution in [0, 0.1) is 0 Å². The molecule has 1 heterocycles. The second-order valence-electron chi connectivity index (χ2n) is 4.07. The molecule has 0 aliphatic carbocycles. The van der Waals surface area contributed by atoms with E-state index in [0.717, 1.165) is 13.0 Å². The van der Waals surface area contributed by atoms with Crippen LogP contribution in [0.25, 0.3) is 0 Å². The number of halogens is 1. The molecule has 0 aromatic carbocycles. The average Bonchev–Trinajstić information content (AvgIpc) is 2.12. The highest BCUT2D eigenvalue weighted by molar-refractivity contribution is 6.29. The number of nitrogens with zero attached hydrogens (tertiary/aromatic N) is 3. The minimum atomic E-state index is 0.190. The Kier molecular flexibility index (Phi) is 4.76. The van der Waals surface area contributed by atoms with Gasteiger partial charge in [-0.1, -0.05) is 11.6 Å². The van der Waals surface area contributed by atoms with E-state index < -0.39 is 0 Å². The second-order valence-corrected chi connectivity index (χ2v) is 4.46. The van der Waals surface area contributed by atoms with Crippen LogP contribution in [0.2, 0.25) is 5.15 Å². The van der Waals surface area contributed by atoms with Gasteiger partial charge in [-0.05, 0) is 34.0 Å². The van der Waals surface area contributed by atoms with Crippen molar-refractivity contribution < 1.29 is 0 Å². The highest BCUT2D eigenvalue weighted by Gasteiger charge is 2.05. The SMILES string of the molecule is CC(CCN(C)C)Nc1cc(Cl)nc(N)n1. The van der Waals surface area contributed by atoms with Crippen LogP contribution in [-0.4, -0.2) is 41.5 Å². The minimum Gasteiger partial charge on any atom is -0.368 e. The smallest absolute Gasteiger partial charge is 0.223 e. The Morgan fingerprint density at radius 2 is 2.19 bits per heavy atom. The average molecular weight is 244 g/mol. The molecule has 0 radical (unpaired) electrons. The van der Waals surface area contributed by atoms with Crippen molar-refractivity contribution in [2.45, 2.75) is 19.4 Å². The van der Waals surface area contributed by atoms with Gasteiger partial charge < -0.3 is 16.0 Å². The number of nitrogen functional groups attached to an aromatic ring is 1. The maximum Gasteiger partial charge on any atom is 0.223 e. The van der Waals surface area contributed by atoms with Crippen LogP contribution in [0.3, 0.4) is 0 Å². The Hall–Kier alpha value is -1.07. The maximum atomic E-state index is 5.78. The normalized spacial score (nSPS) is 12.8. The molecule has 90 valence electrons. The lowest BCUT2D eigenvalue weighted by Gasteiger charge is -2.17. The van der Waals surface area contributed by atoms with Crippen molar-refractivity contribution in [1.29, 1.82) is 0 Å². The number of nitrogens with one attached hydrogen (secondary N) is 1. The van der Waals surface area contributed by atoms with Gasteiger partial charge in [0.05, 0.1) is 0 Å². The molecule has 0 aliphatic heterocycles. The number of rotatable bonds is 5. The maximum absolute atomic E-state index is 5.78. The van der Waals surface area contributed by atoms with Crippen LogP contribution in [0.1, 0.15) is 13.3 Å². The Morgan fingerprint density at radius 1 is 1.50 bits per heavy atom. The summed E-state index contributed by atoms with van der Waals surface area (Å²) in [5.41, 5.74) is 5.50. The molecule has 0 bridgehead atoms. The molecule has 5 nitrogen and oxygen atoms in total. The molecule has 1 rings (SSSR count). The molecule has 16 heavy (non-hydrogen) atoms. The van der Waals surface area contributed by atoms with E-state index in [-0.39, 0.29) is 5.95 Å². The van der Waals surface area contributed by atoms with Gasteiger partial charge in [-0.2, -0.15) is 4.98 Å². The molecular weight excluding hydrogens is 226 g/mol. The van der Waals surface area contributed by atoms with E-state index in [0.29, 0.717) is 17.0 Å². The first-order chi connectivity index (χ1) is 7.47. The van der Waals surface area contributed by atoms with Crippen LogP contribution in [0.15, 0.2) is 6.07 Å². The Balaban J connectivity index is 2.52. The number of hydrogen-bond acceptors (Lipinski definition) is 5. The van der Waals surface area contributed by atoms with Crippen LogP contribution >= 0.6 is 11.6 Å². The van der Waals surface area contributed by atoms with Crippen LogP contribution in [0.4, 0.5) is 11.8 Å². The van der Waals surface area contributed by atoms with E-state index in [4.69, 9.17) is 17.3 Å². The Labute approximate surface area is 101 Å². The summed E-state index contributed by atoms with van der Waals surface area (Å²) in [6.45, 7) is 3.11. The molecule has 3 N–H and O–H groups in total. The predicted molar refractivity (Wildman–Crippen MR) is 67.7 cm³/mol. The van der Waals surface area contributed by atoms with Gasteiger partial charge in [-0.15, -0.1) is 0 Å². The third-order valence-electron chi connectivity index (χ3n) is 2.12. The lowest BCUT2D eigenvalue weighted by atomic mass is 10.2. The van der Waals surface area contributed by atoms with E-state index in [1.807, 2.05) is 14.1 Å². The Morgan fingerprint density at radius 3 is 2.75 bits per heavy atom. The summed E-state index contributed by atoms with van der Waals surface area (Å²) in [6, 6.07) is 1.98. The van der Waals surface area contributed by atoms with Gasteiger partial charge in [0.25, 0.3) is 0 Å². The van der Waals surface area contributed by atoms with Crippen molar-refractivity contribution in [1.82, 2.24) is 14.9 Å². The lowest BCUT2D eigenvalue weighted by molar-refractivity contribution is 0.390. The molecular formula is C10H18ClN5. The fourth-order valence-corrected chi connectivity index (χ4v) is 1.48. The molecule has 0 saturated heterocycles. The molecule has 1 aromatic heterocycles. The zero-order valence-corrected chi connectivity index (χ0v) is 10.6. The molecule has 1 unspecified atom stereocenters. The number of anilines is 2. The third-order valence-corrected chi connectivity index (χ3v) is 2.31. The molecule has 0 amide bonds. The monoisotopic (exact) mass is 243 g/mol. The van der Waals surface area contributed by atoms with E-state index >= 15 is 0 Å².